The highest BCUT2D eigenvalue weighted by molar-refractivity contribution is 5.59. The summed E-state index contributed by atoms with van der Waals surface area (Å²) >= 11 is 0. The molecular weight excluding hydrogens is 234 g/mol. The summed E-state index contributed by atoms with van der Waals surface area (Å²) in [6, 6.07) is 10.7. The second kappa shape index (κ2) is 6.05. The maximum Gasteiger partial charge on any atom is 0.137 e. The van der Waals surface area contributed by atoms with Crippen molar-refractivity contribution in [2.45, 2.75) is 40.5 Å². The zero-order chi connectivity index (χ0) is 13.8. The van der Waals surface area contributed by atoms with Gasteiger partial charge in [-0.3, -0.25) is 0 Å². The molecule has 0 aliphatic heterocycles. The average Bonchev–Trinajstić information content (AvgIpc) is 2.76. The van der Waals surface area contributed by atoms with E-state index >= 15 is 0 Å². The van der Waals surface area contributed by atoms with Crippen molar-refractivity contribution in [3.8, 4) is 11.3 Å². The van der Waals surface area contributed by atoms with E-state index in [2.05, 4.69) is 63.2 Å². The summed E-state index contributed by atoms with van der Waals surface area (Å²) in [7, 11) is 0. The van der Waals surface area contributed by atoms with E-state index in [1.165, 1.54) is 5.56 Å². The summed E-state index contributed by atoms with van der Waals surface area (Å²) in [6.45, 7) is 8.85. The first-order valence-electron chi connectivity index (χ1n) is 7.09. The van der Waals surface area contributed by atoms with Crippen molar-refractivity contribution < 1.29 is 4.52 Å². The molecule has 102 valence electrons. The van der Waals surface area contributed by atoms with E-state index in [1.807, 2.05) is 0 Å². The van der Waals surface area contributed by atoms with Crippen LogP contribution in [-0.2, 0) is 12.8 Å². The molecule has 0 amide bonds. The molecule has 0 spiro atoms. The fourth-order valence-corrected chi connectivity index (χ4v) is 2.23. The number of aromatic nitrogens is 1. The van der Waals surface area contributed by atoms with Crippen LogP contribution in [0.1, 0.15) is 39.0 Å². The smallest absolute Gasteiger partial charge is 0.137 e. The third-order valence-electron chi connectivity index (χ3n) is 3.06. The first kappa shape index (κ1) is 13.9. The van der Waals surface area contributed by atoms with Crippen molar-refractivity contribution in [3.05, 3.63) is 41.7 Å². The van der Waals surface area contributed by atoms with Crippen LogP contribution >= 0.6 is 0 Å². The van der Waals surface area contributed by atoms with Gasteiger partial charge in [-0.2, -0.15) is 0 Å². The van der Waals surface area contributed by atoms with Crippen molar-refractivity contribution in [2.24, 2.45) is 11.8 Å². The monoisotopic (exact) mass is 257 g/mol. The van der Waals surface area contributed by atoms with Gasteiger partial charge in [0.2, 0.25) is 0 Å². The van der Waals surface area contributed by atoms with Crippen molar-refractivity contribution >= 4 is 0 Å². The summed E-state index contributed by atoms with van der Waals surface area (Å²) in [5, 5.41) is 4.16. The molecule has 2 nitrogen and oxygen atoms in total. The molecule has 0 unspecified atom stereocenters. The van der Waals surface area contributed by atoms with Crippen LogP contribution in [0, 0.1) is 11.8 Å². The van der Waals surface area contributed by atoms with E-state index in [1.54, 1.807) is 0 Å². The molecule has 0 saturated carbocycles. The molecule has 1 aromatic carbocycles. The minimum Gasteiger partial charge on any atom is -0.361 e. The standard InChI is InChI=1S/C17H23NO/c1-12(2)9-14-5-7-15(8-6-14)17-11-16(19-18-17)10-13(3)4/h5-8,11-13H,9-10H2,1-4H3. The van der Waals surface area contributed by atoms with Gasteiger partial charge in [0.1, 0.15) is 11.5 Å². The van der Waals surface area contributed by atoms with Crippen LogP contribution in [0.25, 0.3) is 11.3 Å². The van der Waals surface area contributed by atoms with Crippen LogP contribution in [0.2, 0.25) is 0 Å². The Labute approximate surface area is 115 Å². The molecule has 0 fully saturated rings. The van der Waals surface area contributed by atoms with Crippen LogP contribution < -0.4 is 0 Å². The predicted molar refractivity (Wildman–Crippen MR) is 79.0 cm³/mol. The van der Waals surface area contributed by atoms with Gasteiger partial charge in [-0.1, -0.05) is 57.1 Å². The fourth-order valence-electron chi connectivity index (χ4n) is 2.23. The molecule has 0 atom stereocenters. The fraction of sp³-hybridized carbons (Fsp3) is 0.471. The van der Waals surface area contributed by atoms with E-state index < -0.39 is 0 Å². The molecule has 2 rings (SSSR count). The Kier molecular flexibility index (Phi) is 4.41. The summed E-state index contributed by atoms with van der Waals surface area (Å²) in [5.74, 6) is 2.25. The number of benzene rings is 1. The summed E-state index contributed by atoms with van der Waals surface area (Å²) in [4.78, 5) is 0. The molecule has 1 heterocycles. The van der Waals surface area contributed by atoms with Crippen LogP contribution in [-0.4, -0.2) is 5.16 Å². The maximum atomic E-state index is 5.37. The van der Waals surface area contributed by atoms with Gasteiger partial charge in [-0.15, -0.1) is 0 Å². The van der Waals surface area contributed by atoms with E-state index in [9.17, 15) is 0 Å². The SMILES string of the molecule is CC(C)Cc1ccc(-c2cc(CC(C)C)on2)cc1. The van der Waals surface area contributed by atoms with E-state index in [0.29, 0.717) is 11.8 Å². The number of hydrogen-bond donors (Lipinski definition) is 0. The largest absolute Gasteiger partial charge is 0.361 e. The summed E-state index contributed by atoms with van der Waals surface area (Å²) in [6.07, 6.45) is 2.07. The predicted octanol–water partition coefficient (Wildman–Crippen LogP) is 4.74. The minimum atomic E-state index is 0.592. The van der Waals surface area contributed by atoms with Gasteiger partial charge < -0.3 is 4.52 Å². The lowest BCUT2D eigenvalue weighted by Gasteiger charge is -2.05. The Morgan fingerprint density at radius 1 is 0.947 bits per heavy atom. The topological polar surface area (TPSA) is 26.0 Å². The molecule has 0 N–H and O–H groups in total. The van der Waals surface area contributed by atoms with Gasteiger partial charge in [0.15, 0.2) is 0 Å². The molecule has 19 heavy (non-hydrogen) atoms. The van der Waals surface area contributed by atoms with Crippen molar-refractivity contribution in [3.63, 3.8) is 0 Å². The van der Waals surface area contributed by atoms with E-state index in [4.69, 9.17) is 4.52 Å². The third kappa shape index (κ3) is 3.95. The Morgan fingerprint density at radius 3 is 2.16 bits per heavy atom. The lowest BCUT2D eigenvalue weighted by Crippen LogP contribution is -1.93. The number of nitrogens with zero attached hydrogens (tertiary/aromatic N) is 1. The second-order valence-electron chi connectivity index (χ2n) is 6.07. The van der Waals surface area contributed by atoms with Gasteiger partial charge in [-0.05, 0) is 23.8 Å². The summed E-state index contributed by atoms with van der Waals surface area (Å²) in [5.41, 5.74) is 3.45. The molecule has 0 aliphatic rings. The van der Waals surface area contributed by atoms with Gasteiger partial charge >= 0.3 is 0 Å². The quantitative estimate of drug-likeness (QED) is 0.773. The highest BCUT2D eigenvalue weighted by Gasteiger charge is 2.08. The Hall–Kier alpha value is -1.57. The van der Waals surface area contributed by atoms with Crippen LogP contribution in [0.3, 0.4) is 0 Å². The zero-order valence-corrected chi connectivity index (χ0v) is 12.3. The molecule has 0 bridgehead atoms. The van der Waals surface area contributed by atoms with E-state index in [0.717, 1.165) is 29.9 Å². The van der Waals surface area contributed by atoms with Gasteiger partial charge in [0.25, 0.3) is 0 Å². The Balaban J connectivity index is 2.11. The van der Waals surface area contributed by atoms with Crippen LogP contribution in [0.15, 0.2) is 34.9 Å². The molecule has 0 saturated heterocycles. The minimum absolute atomic E-state index is 0.592. The lowest BCUT2D eigenvalue weighted by molar-refractivity contribution is 0.370. The second-order valence-corrected chi connectivity index (χ2v) is 6.07. The van der Waals surface area contributed by atoms with Gasteiger partial charge in [0.05, 0.1) is 0 Å². The maximum absolute atomic E-state index is 5.37. The van der Waals surface area contributed by atoms with E-state index in [-0.39, 0.29) is 0 Å². The van der Waals surface area contributed by atoms with Crippen molar-refractivity contribution in [1.29, 1.82) is 0 Å². The van der Waals surface area contributed by atoms with Crippen molar-refractivity contribution in [1.82, 2.24) is 5.16 Å². The Bertz CT molecular complexity index is 508. The first-order valence-corrected chi connectivity index (χ1v) is 7.09. The van der Waals surface area contributed by atoms with Gasteiger partial charge in [-0.25, -0.2) is 0 Å². The normalized spacial score (nSPS) is 11.5. The van der Waals surface area contributed by atoms with Crippen molar-refractivity contribution in [2.75, 3.05) is 0 Å². The van der Waals surface area contributed by atoms with Crippen LogP contribution in [0.4, 0.5) is 0 Å². The molecule has 2 aromatic rings. The molecule has 1 aromatic heterocycles. The molecule has 0 radical (unpaired) electrons. The number of rotatable bonds is 5. The highest BCUT2D eigenvalue weighted by atomic mass is 16.5. The zero-order valence-electron chi connectivity index (χ0n) is 12.3. The van der Waals surface area contributed by atoms with Gasteiger partial charge in [0, 0.05) is 18.1 Å². The molecule has 0 aliphatic carbocycles. The number of hydrogen-bond acceptors (Lipinski definition) is 2. The molecular formula is C17H23NO. The third-order valence-corrected chi connectivity index (χ3v) is 3.06. The van der Waals surface area contributed by atoms with Crippen LogP contribution in [0.5, 0.6) is 0 Å². The Morgan fingerprint density at radius 2 is 1.58 bits per heavy atom. The average molecular weight is 257 g/mol. The lowest BCUT2D eigenvalue weighted by atomic mass is 10.0. The highest BCUT2D eigenvalue weighted by Crippen LogP contribution is 2.21. The summed E-state index contributed by atoms with van der Waals surface area (Å²) < 4.78 is 5.37. The first-order chi connectivity index (χ1) is 9.04. The molecule has 2 heteroatoms.